The van der Waals surface area contributed by atoms with Gasteiger partial charge in [-0.05, 0) is 85.7 Å². The van der Waals surface area contributed by atoms with Gasteiger partial charge in [0, 0.05) is 11.7 Å². The zero-order chi connectivity index (χ0) is 22.1. The second kappa shape index (κ2) is 8.58. The molecule has 1 aliphatic rings. The van der Waals surface area contributed by atoms with Gasteiger partial charge in [-0.15, -0.1) is 0 Å². The van der Waals surface area contributed by atoms with Crippen LogP contribution in [0.3, 0.4) is 0 Å². The molecule has 0 aliphatic carbocycles. The summed E-state index contributed by atoms with van der Waals surface area (Å²) >= 11 is 0. The van der Waals surface area contributed by atoms with Crippen LogP contribution in [0.5, 0.6) is 5.75 Å². The summed E-state index contributed by atoms with van der Waals surface area (Å²) in [5.74, 6) is 1.52. The number of halogens is 1. The lowest BCUT2D eigenvalue weighted by Gasteiger charge is -2.34. The van der Waals surface area contributed by atoms with E-state index in [1.165, 1.54) is 12.1 Å². The zero-order valence-corrected chi connectivity index (χ0v) is 18.4. The van der Waals surface area contributed by atoms with Gasteiger partial charge in [0.2, 0.25) is 0 Å². The predicted octanol–water partition coefficient (Wildman–Crippen LogP) is 6.41. The molecule has 5 heteroatoms. The highest BCUT2D eigenvalue weighted by Crippen LogP contribution is 2.33. The molecule has 0 spiro atoms. The molecule has 2 aromatic carbocycles. The van der Waals surface area contributed by atoms with Gasteiger partial charge in [0.25, 0.3) is 5.91 Å². The quantitative estimate of drug-likeness (QED) is 0.478. The van der Waals surface area contributed by atoms with Gasteiger partial charge < -0.3 is 14.1 Å². The molecule has 1 amide bonds. The summed E-state index contributed by atoms with van der Waals surface area (Å²) in [6.45, 7) is 8.54. The Balaban J connectivity index is 1.52. The molecular formula is C26H28FNO3. The molecule has 4 rings (SSSR count). The fourth-order valence-electron chi connectivity index (χ4n) is 4.11. The second-order valence-corrected chi connectivity index (χ2v) is 8.59. The molecule has 2 heterocycles. The van der Waals surface area contributed by atoms with Crippen LogP contribution in [-0.2, 0) is 13.0 Å². The summed E-state index contributed by atoms with van der Waals surface area (Å²) in [5.41, 5.74) is 3.87. The predicted molar refractivity (Wildman–Crippen MR) is 119 cm³/mol. The van der Waals surface area contributed by atoms with E-state index in [0.717, 1.165) is 41.0 Å². The summed E-state index contributed by atoms with van der Waals surface area (Å²) in [6.07, 6.45) is 1.54. The molecule has 0 saturated heterocycles. The van der Waals surface area contributed by atoms with Crippen molar-refractivity contribution in [3.05, 3.63) is 82.6 Å². The van der Waals surface area contributed by atoms with Crippen LogP contribution in [0.2, 0.25) is 0 Å². The average molecular weight is 422 g/mol. The third-order valence-electron chi connectivity index (χ3n) is 5.83. The van der Waals surface area contributed by atoms with Crippen LogP contribution in [0, 0.1) is 12.7 Å². The van der Waals surface area contributed by atoms with E-state index in [4.69, 9.17) is 9.15 Å². The van der Waals surface area contributed by atoms with Crippen molar-refractivity contribution >= 4 is 11.6 Å². The number of carbonyl (C=O) groups excluding carboxylic acids is 1. The van der Waals surface area contributed by atoms with Gasteiger partial charge >= 0.3 is 0 Å². The van der Waals surface area contributed by atoms with Gasteiger partial charge in [-0.25, -0.2) is 4.39 Å². The number of fused-ring (bicyclic) bond motifs is 1. The molecule has 1 aliphatic heterocycles. The van der Waals surface area contributed by atoms with E-state index in [9.17, 15) is 9.18 Å². The number of carbonyl (C=O) groups is 1. The highest BCUT2D eigenvalue weighted by Gasteiger charge is 2.31. The van der Waals surface area contributed by atoms with Crippen LogP contribution in [0.25, 0.3) is 0 Å². The fraction of sp³-hybridized carbons (Fsp3) is 0.346. The summed E-state index contributed by atoms with van der Waals surface area (Å²) in [6, 6.07) is 14.2. The lowest BCUT2D eigenvalue weighted by atomic mass is 9.96. The Morgan fingerprint density at radius 1 is 1.19 bits per heavy atom. The van der Waals surface area contributed by atoms with E-state index in [1.807, 2.05) is 19.9 Å². The molecule has 162 valence electrons. The first-order valence-corrected chi connectivity index (χ1v) is 10.8. The number of aryl methyl sites for hydroxylation is 2. The Hall–Kier alpha value is -3.08. The lowest BCUT2D eigenvalue weighted by molar-refractivity contribution is 0.0944. The fourth-order valence-corrected chi connectivity index (χ4v) is 4.11. The SMILES string of the molecule is Cc1ccc(C(C)C)c(OCc2ccc(C(=O)N3c4ccc(F)cc4CCC3C)o2)c1. The van der Waals surface area contributed by atoms with Crippen molar-refractivity contribution in [1.82, 2.24) is 0 Å². The van der Waals surface area contributed by atoms with Crippen molar-refractivity contribution in [2.75, 3.05) is 4.90 Å². The number of hydrogen-bond acceptors (Lipinski definition) is 3. The van der Waals surface area contributed by atoms with Crippen molar-refractivity contribution in [1.29, 1.82) is 0 Å². The highest BCUT2D eigenvalue weighted by atomic mass is 19.1. The number of rotatable bonds is 5. The van der Waals surface area contributed by atoms with Crippen LogP contribution in [-0.4, -0.2) is 11.9 Å². The molecule has 0 radical (unpaired) electrons. The Bertz CT molecular complexity index is 1100. The third-order valence-corrected chi connectivity index (χ3v) is 5.83. The molecule has 31 heavy (non-hydrogen) atoms. The Kier molecular flexibility index (Phi) is 5.86. The molecule has 0 bridgehead atoms. The van der Waals surface area contributed by atoms with Crippen molar-refractivity contribution in [3.8, 4) is 5.75 Å². The second-order valence-electron chi connectivity index (χ2n) is 8.59. The maximum absolute atomic E-state index is 13.6. The van der Waals surface area contributed by atoms with Crippen LogP contribution in [0.15, 0.2) is 52.9 Å². The molecule has 4 nitrogen and oxygen atoms in total. The number of benzene rings is 2. The summed E-state index contributed by atoms with van der Waals surface area (Å²) < 4.78 is 25.5. The van der Waals surface area contributed by atoms with E-state index in [2.05, 4.69) is 26.0 Å². The van der Waals surface area contributed by atoms with E-state index < -0.39 is 0 Å². The number of nitrogens with zero attached hydrogens (tertiary/aromatic N) is 1. The topological polar surface area (TPSA) is 42.7 Å². The first-order valence-electron chi connectivity index (χ1n) is 10.8. The largest absolute Gasteiger partial charge is 0.485 e. The van der Waals surface area contributed by atoms with Gasteiger partial charge in [0.1, 0.15) is 23.9 Å². The molecular weight excluding hydrogens is 393 g/mol. The first kappa shape index (κ1) is 21.2. The zero-order valence-electron chi connectivity index (χ0n) is 18.4. The monoisotopic (exact) mass is 421 g/mol. The van der Waals surface area contributed by atoms with Crippen molar-refractivity contribution in [3.63, 3.8) is 0 Å². The Morgan fingerprint density at radius 3 is 2.77 bits per heavy atom. The van der Waals surface area contributed by atoms with Gasteiger partial charge in [0.05, 0.1) is 0 Å². The maximum Gasteiger partial charge on any atom is 0.294 e. The van der Waals surface area contributed by atoms with E-state index in [0.29, 0.717) is 11.7 Å². The smallest absolute Gasteiger partial charge is 0.294 e. The Labute approximate surface area is 182 Å². The van der Waals surface area contributed by atoms with Crippen LogP contribution >= 0.6 is 0 Å². The number of ether oxygens (including phenoxy) is 1. The minimum absolute atomic E-state index is 0.0103. The number of hydrogen-bond donors (Lipinski definition) is 0. The molecule has 1 unspecified atom stereocenters. The summed E-state index contributed by atoms with van der Waals surface area (Å²) in [7, 11) is 0. The van der Waals surface area contributed by atoms with Crippen LogP contribution < -0.4 is 9.64 Å². The molecule has 3 aromatic rings. The Morgan fingerprint density at radius 2 is 2.00 bits per heavy atom. The molecule has 0 N–H and O–H groups in total. The number of amides is 1. The average Bonchev–Trinajstić information content (AvgIpc) is 3.21. The van der Waals surface area contributed by atoms with Gasteiger partial charge in [-0.1, -0.05) is 26.0 Å². The minimum atomic E-state index is -0.282. The van der Waals surface area contributed by atoms with Crippen LogP contribution in [0.4, 0.5) is 10.1 Å². The van der Waals surface area contributed by atoms with Crippen molar-refractivity contribution in [2.24, 2.45) is 0 Å². The van der Waals surface area contributed by atoms with Gasteiger partial charge in [0.15, 0.2) is 5.76 Å². The van der Waals surface area contributed by atoms with Crippen LogP contribution in [0.1, 0.15) is 66.1 Å². The normalized spacial score (nSPS) is 15.8. The minimum Gasteiger partial charge on any atom is -0.485 e. The van der Waals surface area contributed by atoms with Gasteiger partial charge in [-0.3, -0.25) is 4.79 Å². The summed E-state index contributed by atoms with van der Waals surface area (Å²) in [4.78, 5) is 14.9. The highest BCUT2D eigenvalue weighted by molar-refractivity contribution is 6.05. The van der Waals surface area contributed by atoms with E-state index >= 15 is 0 Å². The van der Waals surface area contributed by atoms with Crippen molar-refractivity contribution in [2.45, 2.75) is 59.1 Å². The molecule has 0 saturated carbocycles. The first-order chi connectivity index (χ1) is 14.8. The van der Waals surface area contributed by atoms with E-state index in [1.54, 1.807) is 23.1 Å². The molecule has 1 aromatic heterocycles. The maximum atomic E-state index is 13.6. The lowest BCUT2D eigenvalue weighted by Crippen LogP contribution is -2.42. The molecule has 0 fully saturated rings. The van der Waals surface area contributed by atoms with E-state index in [-0.39, 0.29) is 30.1 Å². The summed E-state index contributed by atoms with van der Waals surface area (Å²) in [5, 5.41) is 0. The molecule has 1 atom stereocenters. The number of furan rings is 1. The number of anilines is 1. The standard InChI is InChI=1S/C26H28FNO3/c1-16(2)22-10-5-17(3)13-25(22)30-15-21-9-12-24(31-21)26(29)28-18(4)6-7-19-14-20(27)8-11-23(19)28/h5,8-14,16,18H,6-7,15H2,1-4H3. The van der Waals surface area contributed by atoms with Crippen molar-refractivity contribution < 1.29 is 18.3 Å². The van der Waals surface area contributed by atoms with Gasteiger partial charge in [-0.2, -0.15) is 0 Å². The third kappa shape index (κ3) is 4.36.